The molecule has 0 bridgehead atoms. The minimum atomic E-state index is -0.190. The summed E-state index contributed by atoms with van der Waals surface area (Å²) in [5, 5.41) is 0. The number of thiocarbonyl (C=S) groups is 1. The number of hydrogen-bond donors (Lipinski definition) is 0. The monoisotopic (exact) mass is 223 g/mol. The van der Waals surface area contributed by atoms with Gasteiger partial charge < -0.3 is 9.80 Å². The predicted octanol–water partition coefficient (Wildman–Crippen LogP) is 1.78. The Balaban J connectivity index is 2.01. The lowest BCUT2D eigenvalue weighted by Gasteiger charge is -2.34. The highest BCUT2D eigenvalue weighted by atomic mass is 32.1. The van der Waals surface area contributed by atoms with Crippen molar-refractivity contribution in [3.05, 3.63) is 30.1 Å². The van der Waals surface area contributed by atoms with E-state index in [1.165, 1.54) is 12.1 Å². The van der Waals surface area contributed by atoms with Gasteiger partial charge in [0.2, 0.25) is 0 Å². The van der Waals surface area contributed by atoms with Crippen LogP contribution in [0.1, 0.15) is 0 Å². The molecule has 1 fully saturated rings. The Morgan fingerprint density at radius 3 is 2.20 bits per heavy atom. The first kappa shape index (κ1) is 10.4. The molecule has 1 aromatic carbocycles. The zero-order chi connectivity index (χ0) is 10.7. The molecule has 1 aliphatic rings. The van der Waals surface area contributed by atoms with Gasteiger partial charge in [0.15, 0.2) is 0 Å². The average molecular weight is 223 g/mol. The fraction of sp³-hybridized carbons (Fsp3) is 0.364. The van der Waals surface area contributed by atoms with Crippen molar-refractivity contribution in [1.29, 1.82) is 0 Å². The lowest BCUT2D eigenvalue weighted by molar-refractivity contribution is 0.401. The molecule has 0 unspecified atom stereocenters. The van der Waals surface area contributed by atoms with E-state index in [1.807, 2.05) is 17.0 Å². The van der Waals surface area contributed by atoms with E-state index < -0.39 is 0 Å². The molecule has 4 heteroatoms. The van der Waals surface area contributed by atoms with Crippen molar-refractivity contribution in [1.82, 2.24) is 4.90 Å². The molecule has 1 saturated heterocycles. The first-order chi connectivity index (χ1) is 7.29. The maximum absolute atomic E-state index is 12.7. The molecule has 1 radical (unpaired) electrons. The minimum Gasteiger partial charge on any atom is -0.368 e. The molecule has 79 valence electrons. The van der Waals surface area contributed by atoms with Crippen LogP contribution in [0.4, 0.5) is 10.1 Å². The first-order valence-electron chi connectivity index (χ1n) is 4.93. The van der Waals surface area contributed by atoms with Crippen molar-refractivity contribution in [2.24, 2.45) is 0 Å². The smallest absolute Gasteiger partial charge is 0.137 e. The Bertz CT molecular complexity index is 331. The Kier molecular flexibility index (Phi) is 3.16. The van der Waals surface area contributed by atoms with Crippen molar-refractivity contribution >= 4 is 23.4 Å². The lowest BCUT2D eigenvalue weighted by atomic mass is 10.2. The number of halogens is 1. The van der Waals surface area contributed by atoms with Crippen LogP contribution in [-0.4, -0.2) is 36.6 Å². The van der Waals surface area contributed by atoms with Gasteiger partial charge in [-0.25, -0.2) is 4.39 Å². The van der Waals surface area contributed by atoms with Gasteiger partial charge in [-0.2, -0.15) is 0 Å². The lowest BCUT2D eigenvalue weighted by Crippen LogP contribution is -2.45. The van der Waals surface area contributed by atoms with E-state index in [0.29, 0.717) is 0 Å². The van der Waals surface area contributed by atoms with E-state index in [1.54, 1.807) is 0 Å². The summed E-state index contributed by atoms with van der Waals surface area (Å²) >= 11 is 4.75. The normalized spacial score (nSPS) is 16.6. The third-order valence-corrected chi connectivity index (χ3v) is 2.86. The Labute approximate surface area is 94.3 Å². The van der Waals surface area contributed by atoms with Crippen LogP contribution < -0.4 is 4.90 Å². The van der Waals surface area contributed by atoms with E-state index in [9.17, 15) is 4.39 Å². The summed E-state index contributed by atoms with van der Waals surface area (Å²) < 4.78 is 12.7. The summed E-state index contributed by atoms with van der Waals surface area (Å²) in [5.74, 6) is -0.190. The van der Waals surface area contributed by atoms with Crippen molar-refractivity contribution in [3.63, 3.8) is 0 Å². The standard InChI is InChI=1S/C11H12FN2S/c12-10-1-3-11(4-2-10)14-7-5-13(9-15)6-8-14/h1-4H,5-8H2. The minimum absolute atomic E-state index is 0.190. The summed E-state index contributed by atoms with van der Waals surface area (Å²) in [5.41, 5.74) is 3.78. The van der Waals surface area contributed by atoms with Crippen LogP contribution in [0.3, 0.4) is 0 Å². The number of hydrogen-bond acceptors (Lipinski definition) is 2. The first-order valence-corrected chi connectivity index (χ1v) is 5.33. The van der Waals surface area contributed by atoms with Gasteiger partial charge in [0.05, 0.1) is 0 Å². The summed E-state index contributed by atoms with van der Waals surface area (Å²) in [6, 6.07) is 6.61. The van der Waals surface area contributed by atoms with Crippen molar-refractivity contribution in [3.8, 4) is 0 Å². The molecule has 0 spiro atoms. The van der Waals surface area contributed by atoms with Crippen LogP contribution in [0.15, 0.2) is 24.3 Å². The zero-order valence-corrected chi connectivity index (χ0v) is 9.13. The Morgan fingerprint density at radius 2 is 1.67 bits per heavy atom. The van der Waals surface area contributed by atoms with Crippen LogP contribution in [-0.2, 0) is 0 Å². The number of rotatable bonds is 2. The van der Waals surface area contributed by atoms with Crippen LogP contribution in [0, 0.1) is 5.82 Å². The molecule has 0 saturated carbocycles. The third kappa shape index (κ3) is 2.45. The van der Waals surface area contributed by atoms with Crippen molar-refractivity contribution < 1.29 is 4.39 Å². The molecule has 0 aliphatic carbocycles. The van der Waals surface area contributed by atoms with Gasteiger partial charge in [0, 0.05) is 31.9 Å². The summed E-state index contributed by atoms with van der Waals surface area (Å²) in [7, 11) is 0. The van der Waals surface area contributed by atoms with Gasteiger partial charge in [-0.15, -0.1) is 0 Å². The second-order valence-corrected chi connectivity index (χ2v) is 3.72. The molecule has 2 nitrogen and oxygen atoms in total. The van der Waals surface area contributed by atoms with Crippen LogP contribution in [0.25, 0.3) is 0 Å². The van der Waals surface area contributed by atoms with Crippen LogP contribution >= 0.6 is 12.2 Å². The van der Waals surface area contributed by atoms with Crippen LogP contribution in [0.5, 0.6) is 0 Å². The topological polar surface area (TPSA) is 6.48 Å². The zero-order valence-electron chi connectivity index (χ0n) is 8.32. The molecule has 0 aromatic heterocycles. The predicted molar refractivity (Wildman–Crippen MR) is 62.8 cm³/mol. The molecular weight excluding hydrogens is 211 g/mol. The Hall–Kier alpha value is -1.16. The van der Waals surface area contributed by atoms with Gasteiger partial charge in [-0.3, -0.25) is 0 Å². The van der Waals surface area contributed by atoms with Gasteiger partial charge in [-0.1, -0.05) is 12.2 Å². The van der Waals surface area contributed by atoms with Crippen molar-refractivity contribution in [2.75, 3.05) is 31.1 Å². The second kappa shape index (κ2) is 4.57. The van der Waals surface area contributed by atoms with E-state index in [2.05, 4.69) is 10.4 Å². The van der Waals surface area contributed by atoms with Gasteiger partial charge in [0.1, 0.15) is 11.3 Å². The molecule has 1 aromatic rings. The van der Waals surface area contributed by atoms with Gasteiger partial charge >= 0.3 is 0 Å². The van der Waals surface area contributed by atoms with E-state index in [0.717, 1.165) is 31.9 Å². The molecule has 0 atom stereocenters. The maximum Gasteiger partial charge on any atom is 0.137 e. The molecular formula is C11H12FN2S. The van der Waals surface area contributed by atoms with Crippen LogP contribution in [0.2, 0.25) is 0 Å². The van der Waals surface area contributed by atoms with Crippen molar-refractivity contribution in [2.45, 2.75) is 0 Å². The number of anilines is 1. The largest absolute Gasteiger partial charge is 0.368 e. The highest BCUT2D eigenvalue weighted by Gasteiger charge is 2.14. The number of nitrogens with zero attached hydrogens (tertiary/aromatic N) is 2. The second-order valence-electron chi connectivity index (χ2n) is 3.54. The fourth-order valence-corrected chi connectivity index (χ4v) is 1.89. The quantitative estimate of drug-likeness (QED) is 0.706. The third-order valence-electron chi connectivity index (χ3n) is 2.60. The molecule has 15 heavy (non-hydrogen) atoms. The summed E-state index contributed by atoms with van der Waals surface area (Å²) in [6.07, 6.45) is 0. The summed E-state index contributed by atoms with van der Waals surface area (Å²) in [4.78, 5) is 4.22. The molecule has 0 amide bonds. The Morgan fingerprint density at radius 1 is 1.07 bits per heavy atom. The number of benzene rings is 1. The number of piperazine rings is 1. The molecule has 2 rings (SSSR count). The van der Waals surface area contributed by atoms with E-state index in [4.69, 9.17) is 12.2 Å². The van der Waals surface area contributed by atoms with E-state index in [-0.39, 0.29) is 5.82 Å². The molecule has 0 N–H and O–H groups in total. The van der Waals surface area contributed by atoms with Gasteiger partial charge in [-0.05, 0) is 24.3 Å². The van der Waals surface area contributed by atoms with Gasteiger partial charge in [0.25, 0.3) is 0 Å². The summed E-state index contributed by atoms with van der Waals surface area (Å²) in [6.45, 7) is 3.60. The fourth-order valence-electron chi connectivity index (χ4n) is 1.71. The highest BCUT2D eigenvalue weighted by molar-refractivity contribution is 7.78. The SMILES string of the molecule is Fc1ccc(N2CCN([C]=S)CC2)cc1. The molecule has 1 heterocycles. The average Bonchev–Trinajstić information content (AvgIpc) is 2.30. The molecule has 1 aliphatic heterocycles. The maximum atomic E-state index is 12.7. The highest BCUT2D eigenvalue weighted by Crippen LogP contribution is 2.16. The van der Waals surface area contributed by atoms with E-state index >= 15 is 0 Å².